The van der Waals surface area contributed by atoms with Gasteiger partial charge in [-0.05, 0) is 24.8 Å². The van der Waals surface area contributed by atoms with Crippen molar-refractivity contribution in [1.82, 2.24) is 5.32 Å². The fourth-order valence-electron chi connectivity index (χ4n) is 2.28. The van der Waals surface area contributed by atoms with Gasteiger partial charge in [0, 0.05) is 18.7 Å². The van der Waals surface area contributed by atoms with Crippen molar-refractivity contribution < 1.29 is 14.6 Å². The lowest BCUT2D eigenvalue weighted by Crippen LogP contribution is -2.28. The molecule has 0 radical (unpaired) electrons. The third-order valence-electron chi connectivity index (χ3n) is 3.48. The third kappa shape index (κ3) is 2.60. The van der Waals surface area contributed by atoms with E-state index in [-0.39, 0.29) is 6.10 Å². The van der Waals surface area contributed by atoms with Crippen LogP contribution < -0.4 is 14.8 Å². The summed E-state index contributed by atoms with van der Waals surface area (Å²) in [5, 5.41) is 13.1. The topological polar surface area (TPSA) is 50.7 Å². The van der Waals surface area contributed by atoms with Crippen LogP contribution in [0.15, 0.2) is 18.2 Å². The summed E-state index contributed by atoms with van der Waals surface area (Å²) in [5.74, 6) is 2.18. The highest BCUT2D eigenvalue weighted by Crippen LogP contribution is 2.34. The highest BCUT2D eigenvalue weighted by Gasteiger charge is 2.29. The quantitative estimate of drug-likeness (QED) is 0.826. The molecule has 98 valence electrons. The van der Waals surface area contributed by atoms with Crippen molar-refractivity contribution in [2.24, 2.45) is 5.92 Å². The zero-order valence-electron chi connectivity index (χ0n) is 10.4. The first-order valence-electron chi connectivity index (χ1n) is 6.61. The van der Waals surface area contributed by atoms with Crippen LogP contribution >= 0.6 is 0 Å². The fourth-order valence-corrected chi connectivity index (χ4v) is 2.28. The van der Waals surface area contributed by atoms with Gasteiger partial charge >= 0.3 is 0 Å². The van der Waals surface area contributed by atoms with E-state index in [4.69, 9.17) is 9.47 Å². The minimum Gasteiger partial charge on any atom is -0.486 e. The Labute approximate surface area is 107 Å². The molecule has 1 aliphatic heterocycles. The first kappa shape index (κ1) is 11.8. The van der Waals surface area contributed by atoms with Crippen molar-refractivity contribution in [3.05, 3.63) is 23.8 Å². The Morgan fingerprint density at radius 1 is 1.28 bits per heavy atom. The molecule has 0 amide bonds. The lowest BCUT2D eigenvalue weighted by Gasteiger charge is -2.21. The minimum absolute atomic E-state index is 0.207. The van der Waals surface area contributed by atoms with E-state index in [1.807, 2.05) is 18.2 Å². The van der Waals surface area contributed by atoms with Gasteiger partial charge in [0.2, 0.25) is 0 Å². The van der Waals surface area contributed by atoms with Gasteiger partial charge < -0.3 is 19.9 Å². The van der Waals surface area contributed by atoms with Gasteiger partial charge in [0.25, 0.3) is 0 Å². The standard InChI is InChI=1S/C14H19NO3/c16-12(10-4-5-10)9-15-8-11-2-1-3-13-14(11)18-7-6-17-13/h1-3,10,12,15-16H,4-9H2. The molecular weight excluding hydrogens is 230 g/mol. The van der Waals surface area contributed by atoms with Crippen molar-refractivity contribution in [3.8, 4) is 11.5 Å². The van der Waals surface area contributed by atoms with Gasteiger partial charge in [-0.1, -0.05) is 12.1 Å². The Kier molecular flexibility index (Phi) is 3.39. The van der Waals surface area contributed by atoms with Gasteiger partial charge in [0.05, 0.1) is 6.10 Å². The molecule has 2 aliphatic rings. The van der Waals surface area contributed by atoms with E-state index in [0.29, 0.717) is 32.2 Å². The fraction of sp³-hybridized carbons (Fsp3) is 0.571. The van der Waals surface area contributed by atoms with Crippen molar-refractivity contribution in [2.75, 3.05) is 19.8 Å². The SMILES string of the molecule is OC(CNCc1cccc2c1OCCO2)C1CC1. The summed E-state index contributed by atoms with van der Waals surface area (Å²) in [6.45, 7) is 2.57. The van der Waals surface area contributed by atoms with E-state index in [2.05, 4.69) is 5.32 Å². The van der Waals surface area contributed by atoms with Crippen LogP contribution in [-0.4, -0.2) is 31.0 Å². The maximum atomic E-state index is 9.79. The lowest BCUT2D eigenvalue weighted by atomic mass is 10.1. The van der Waals surface area contributed by atoms with Crippen LogP contribution in [0.3, 0.4) is 0 Å². The number of nitrogens with one attached hydrogen (secondary N) is 1. The van der Waals surface area contributed by atoms with E-state index in [1.165, 1.54) is 12.8 Å². The first-order valence-corrected chi connectivity index (χ1v) is 6.61. The van der Waals surface area contributed by atoms with Crippen molar-refractivity contribution in [1.29, 1.82) is 0 Å². The number of hydrogen-bond acceptors (Lipinski definition) is 4. The Hall–Kier alpha value is -1.26. The van der Waals surface area contributed by atoms with E-state index >= 15 is 0 Å². The van der Waals surface area contributed by atoms with E-state index in [0.717, 1.165) is 17.1 Å². The summed E-state index contributed by atoms with van der Waals surface area (Å²) in [5.41, 5.74) is 1.09. The second-order valence-electron chi connectivity index (χ2n) is 4.98. The smallest absolute Gasteiger partial charge is 0.165 e. The number of hydrogen-bond donors (Lipinski definition) is 2. The maximum absolute atomic E-state index is 9.79. The Morgan fingerprint density at radius 2 is 2.11 bits per heavy atom. The molecule has 1 heterocycles. The van der Waals surface area contributed by atoms with Crippen LogP contribution in [0.1, 0.15) is 18.4 Å². The minimum atomic E-state index is -0.207. The van der Waals surface area contributed by atoms with E-state index < -0.39 is 0 Å². The first-order chi connectivity index (χ1) is 8.84. The number of aliphatic hydroxyl groups excluding tert-OH is 1. The number of fused-ring (bicyclic) bond motifs is 1. The normalized spacial score (nSPS) is 19.6. The van der Waals surface area contributed by atoms with Gasteiger partial charge in [-0.2, -0.15) is 0 Å². The third-order valence-corrected chi connectivity index (χ3v) is 3.48. The molecule has 0 spiro atoms. The van der Waals surface area contributed by atoms with Gasteiger partial charge in [0.15, 0.2) is 11.5 Å². The molecule has 0 bridgehead atoms. The predicted molar refractivity (Wildman–Crippen MR) is 67.9 cm³/mol. The summed E-state index contributed by atoms with van der Waals surface area (Å²) in [7, 11) is 0. The van der Waals surface area contributed by atoms with Crippen LogP contribution in [0.4, 0.5) is 0 Å². The van der Waals surface area contributed by atoms with E-state index in [9.17, 15) is 5.11 Å². The summed E-state index contributed by atoms with van der Waals surface area (Å²) in [6, 6.07) is 5.93. The molecule has 0 aromatic heterocycles. The van der Waals surface area contributed by atoms with Gasteiger partial charge in [-0.15, -0.1) is 0 Å². The number of para-hydroxylation sites is 1. The molecule has 3 rings (SSSR count). The Balaban J connectivity index is 1.58. The lowest BCUT2D eigenvalue weighted by molar-refractivity contribution is 0.147. The number of aliphatic hydroxyl groups is 1. The predicted octanol–water partition coefficient (Wildman–Crippen LogP) is 1.32. The maximum Gasteiger partial charge on any atom is 0.165 e. The van der Waals surface area contributed by atoms with Crippen LogP contribution in [0, 0.1) is 5.92 Å². The molecule has 2 N–H and O–H groups in total. The summed E-state index contributed by atoms with van der Waals surface area (Å²) in [4.78, 5) is 0. The largest absolute Gasteiger partial charge is 0.486 e. The molecule has 1 aliphatic carbocycles. The summed E-state index contributed by atoms with van der Waals surface area (Å²) in [6.07, 6.45) is 2.13. The second-order valence-corrected chi connectivity index (χ2v) is 4.98. The molecule has 1 saturated carbocycles. The van der Waals surface area contributed by atoms with Crippen molar-refractivity contribution >= 4 is 0 Å². The monoisotopic (exact) mass is 249 g/mol. The molecule has 1 fully saturated rings. The molecular formula is C14H19NO3. The Bertz CT molecular complexity index is 418. The molecule has 4 heteroatoms. The van der Waals surface area contributed by atoms with Crippen LogP contribution in [-0.2, 0) is 6.54 Å². The average molecular weight is 249 g/mol. The van der Waals surface area contributed by atoms with Crippen molar-refractivity contribution in [3.63, 3.8) is 0 Å². The molecule has 4 nitrogen and oxygen atoms in total. The number of rotatable bonds is 5. The van der Waals surface area contributed by atoms with Gasteiger partial charge in [-0.3, -0.25) is 0 Å². The number of ether oxygens (including phenoxy) is 2. The Morgan fingerprint density at radius 3 is 2.94 bits per heavy atom. The van der Waals surface area contributed by atoms with E-state index in [1.54, 1.807) is 0 Å². The molecule has 1 unspecified atom stereocenters. The highest BCUT2D eigenvalue weighted by molar-refractivity contribution is 5.47. The summed E-state index contributed by atoms with van der Waals surface area (Å²) >= 11 is 0. The molecule has 1 aromatic rings. The molecule has 18 heavy (non-hydrogen) atoms. The molecule has 1 aromatic carbocycles. The van der Waals surface area contributed by atoms with Crippen LogP contribution in [0.25, 0.3) is 0 Å². The average Bonchev–Trinajstić information content (AvgIpc) is 3.23. The second kappa shape index (κ2) is 5.16. The van der Waals surface area contributed by atoms with Gasteiger partial charge in [0.1, 0.15) is 13.2 Å². The molecule has 1 atom stereocenters. The van der Waals surface area contributed by atoms with Crippen molar-refractivity contribution in [2.45, 2.75) is 25.5 Å². The molecule has 0 saturated heterocycles. The van der Waals surface area contributed by atoms with Crippen LogP contribution in [0.5, 0.6) is 11.5 Å². The van der Waals surface area contributed by atoms with Gasteiger partial charge in [-0.25, -0.2) is 0 Å². The van der Waals surface area contributed by atoms with Crippen LogP contribution in [0.2, 0.25) is 0 Å². The zero-order valence-corrected chi connectivity index (χ0v) is 10.4. The summed E-state index contributed by atoms with van der Waals surface area (Å²) < 4.78 is 11.2. The number of benzene rings is 1. The highest BCUT2D eigenvalue weighted by atomic mass is 16.6. The zero-order chi connectivity index (χ0) is 12.4.